The number of ketones is 1. The van der Waals surface area contributed by atoms with E-state index in [2.05, 4.69) is 60.7 Å². The highest BCUT2D eigenvalue weighted by Crippen LogP contribution is 2.65. The molecule has 2 unspecified atom stereocenters. The van der Waals surface area contributed by atoms with Crippen LogP contribution in [-0.2, 0) is 9.22 Å². The van der Waals surface area contributed by atoms with Gasteiger partial charge in [0, 0.05) is 17.9 Å². The van der Waals surface area contributed by atoms with E-state index in [1.807, 2.05) is 0 Å². The van der Waals surface area contributed by atoms with Crippen molar-refractivity contribution in [2.24, 2.45) is 34.5 Å². The number of hydrogen-bond acceptors (Lipinski definition) is 2. The predicted octanol–water partition coefficient (Wildman–Crippen LogP) is 7.15. The van der Waals surface area contributed by atoms with Gasteiger partial charge in [0.1, 0.15) is 5.78 Å². The smallest absolute Gasteiger partial charge is 0.192 e. The van der Waals surface area contributed by atoms with Gasteiger partial charge in [-0.15, -0.1) is 0 Å². The van der Waals surface area contributed by atoms with Gasteiger partial charge in [0.05, 0.1) is 0 Å². The Balaban J connectivity index is 1.58. The Morgan fingerprint density at radius 3 is 2.31 bits per heavy atom. The summed E-state index contributed by atoms with van der Waals surface area (Å²) in [4.78, 5) is 12.7. The molecule has 0 amide bonds. The maximum absolute atomic E-state index is 12.7. The third kappa shape index (κ3) is 3.25. The summed E-state index contributed by atoms with van der Waals surface area (Å²) < 4.78 is 6.86. The third-order valence-corrected chi connectivity index (χ3v) is 14.9. The first-order valence-electron chi connectivity index (χ1n) is 12.2. The standard InChI is InChI=1S/C26H44O2Si/c1-17-15-18-16-19(28-29(7,8)24(2,3)4)11-13-25(18,5)21-12-14-26(6)20(23(17)21)9-10-22(26)27/h15,17,19-21,23H,9-14,16H2,1-8H3/t17?,19?,20-,21+,23-,25-,26-/m0/s1. The van der Waals surface area contributed by atoms with Crippen molar-refractivity contribution in [2.75, 3.05) is 0 Å². The van der Waals surface area contributed by atoms with Gasteiger partial charge in [0.25, 0.3) is 0 Å². The molecule has 29 heavy (non-hydrogen) atoms. The molecule has 0 aromatic carbocycles. The molecule has 0 aromatic rings. The van der Waals surface area contributed by atoms with Crippen LogP contribution in [0.5, 0.6) is 0 Å². The minimum absolute atomic E-state index is 0.0280. The molecule has 164 valence electrons. The number of allylic oxidation sites excluding steroid dienone is 1. The maximum Gasteiger partial charge on any atom is 0.192 e. The minimum atomic E-state index is -1.72. The molecule has 0 aliphatic heterocycles. The number of Topliss-reactive ketones (excluding diaryl/α,β-unsaturated/α-hetero) is 1. The molecule has 0 bridgehead atoms. The first-order valence-corrected chi connectivity index (χ1v) is 15.1. The van der Waals surface area contributed by atoms with Gasteiger partial charge in [-0.3, -0.25) is 4.79 Å². The topological polar surface area (TPSA) is 26.3 Å². The molecule has 0 radical (unpaired) electrons. The van der Waals surface area contributed by atoms with Crippen LogP contribution in [0.1, 0.15) is 86.5 Å². The summed E-state index contributed by atoms with van der Waals surface area (Å²) in [7, 11) is -1.72. The number of hydrogen-bond donors (Lipinski definition) is 0. The quantitative estimate of drug-likeness (QED) is 0.353. The molecular weight excluding hydrogens is 372 g/mol. The van der Waals surface area contributed by atoms with Crippen LogP contribution in [0.3, 0.4) is 0 Å². The lowest BCUT2D eigenvalue weighted by Crippen LogP contribution is -2.53. The Bertz CT molecular complexity index is 717. The summed E-state index contributed by atoms with van der Waals surface area (Å²) in [6.07, 6.45) is 11.0. The maximum atomic E-state index is 12.7. The molecule has 0 spiro atoms. The second-order valence-corrected chi connectivity index (χ2v) is 17.7. The number of carbonyl (C=O) groups is 1. The molecule has 0 aromatic heterocycles. The van der Waals surface area contributed by atoms with E-state index in [1.165, 1.54) is 19.3 Å². The van der Waals surface area contributed by atoms with Gasteiger partial charge in [-0.2, -0.15) is 0 Å². The number of carbonyl (C=O) groups excluding carboxylic acids is 1. The zero-order chi connectivity index (χ0) is 21.4. The molecule has 0 saturated heterocycles. The van der Waals surface area contributed by atoms with Crippen molar-refractivity contribution in [1.82, 2.24) is 0 Å². The van der Waals surface area contributed by atoms with E-state index in [0.29, 0.717) is 35.1 Å². The average molecular weight is 417 g/mol. The van der Waals surface area contributed by atoms with Gasteiger partial charge < -0.3 is 4.43 Å². The van der Waals surface area contributed by atoms with Crippen LogP contribution < -0.4 is 0 Å². The number of fused-ring (bicyclic) bond motifs is 5. The highest BCUT2D eigenvalue weighted by atomic mass is 28.4. The third-order valence-electron chi connectivity index (χ3n) is 10.4. The summed E-state index contributed by atoms with van der Waals surface area (Å²) in [6.45, 7) is 19.1. The summed E-state index contributed by atoms with van der Waals surface area (Å²) >= 11 is 0. The summed E-state index contributed by atoms with van der Waals surface area (Å²) in [5.74, 6) is 3.23. The van der Waals surface area contributed by atoms with Crippen molar-refractivity contribution in [3.8, 4) is 0 Å². The molecule has 4 aliphatic carbocycles. The van der Waals surface area contributed by atoms with E-state index in [9.17, 15) is 4.79 Å². The van der Waals surface area contributed by atoms with Gasteiger partial charge in [-0.1, -0.05) is 53.2 Å². The zero-order valence-electron chi connectivity index (χ0n) is 20.2. The van der Waals surface area contributed by atoms with Crippen molar-refractivity contribution in [3.63, 3.8) is 0 Å². The average Bonchev–Trinajstić information content (AvgIpc) is 2.90. The first kappa shape index (κ1) is 21.8. The van der Waals surface area contributed by atoms with Gasteiger partial charge in [-0.25, -0.2) is 0 Å². The van der Waals surface area contributed by atoms with Crippen molar-refractivity contribution in [2.45, 2.75) is 111 Å². The molecule has 3 fully saturated rings. The van der Waals surface area contributed by atoms with Gasteiger partial charge in [0.2, 0.25) is 0 Å². The summed E-state index contributed by atoms with van der Waals surface area (Å²) in [5, 5.41) is 0.274. The van der Waals surface area contributed by atoms with Crippen LogP contribution in [0.4, 0.5) is 0 Å². The van der Waals surface area contributed by atoms with Crippen LogP contribution in [0.25, 0.3) is 0 Å². The van der Waals surface area contributed by atoms with Gasteiger partial charge >= 0.3 is 0 Å². The first-order chi connectivity index (χ1) is 13.3. The van der Waals surface area contributed by atoms with Crippen LogP contribution in [-0.4, -0.2) is 20.2 Å². The second-order valence-electron chi connectivity index (χ2n) is 12.9. The summed E-state index contributed by atoms with van der Waals surface area (Å²) in [6, 6.07) is 0. The monoisotopic (exact) mass is 416 g/mol. The SMILES string of the molecule is CC1C=C2CC(O[Si](C)(C)C(C)(C)C)CC[C@]2(C)[C@@H]2CC[C@]3(C)C(=O)CC[C@H]3[C@H]12. The molecule has 4 aliphatic rings. The van der Waals surface area contributed by atoms with Crippen molar-refractivity contribution in [3.05, 3.63) is 11.6 Å². The Morgan fingerprint density at radius 2 is 1.66 bits per heavy atom. The van der Waals surface area contributed by atoms with Crippen molar-refractivity contribution in [1.29, 1.82) is 0 Å². The second kappa shape index (κ2) is 6.79. The summed E-state index contributed by atoms with van der Waals surface area (Å²) in [5.41, 5.74) is 1.99. The van der Waals surface area contributed by atoms with Gasteiger partial charge in [0.15, 0.2) is 8.32 Å². The molecule has 7 atom stereocenters. The fourth-order valence-corrected chi connectivity index (χ4v) is 8.84. The molecular formula is C26H44O2Si. The molecule has 4 rings (SSSR count). The lowest BCUT2D eigenvalue weighted by atomic mass is 9.46. The van der Waals surface area contributed by atoms with Crippen LogP contribution in [0, 0.1) is 34.5 Å². The fraction of sp³-hybridized carbons (Fsp3) is 0.885. The van der Waals surface area contributed by atoms with Crippen molar-refractivity contribution < 1.29 is 9.22 Å². The Morgan fingerprint density at radius 1 is 1.03 bits per heavy atom. The van der Waals surface area contributed by atoms with Gasteiger partial charge in [-0.05, 0) is 85.7 Å². The molecule has 3 saturated carbocycles. The lowest BCUT2D eigenvalue weighted by Gasteiger charge is -2.59. The van der Waals surface area contributed by atoms with E-state index in [1.54, 1.807) is 5.57 Å². The lowest BCUT2D eigenvalue weighted by molar-refractivity contribution is -0.133. The molecule has 3 heteroatoms. The highest BCUT2D eigenvalue weighted by Gasteiger charge is 2.60. The largest absolute Gasteiger partial charge is 0.414 e. The minimum Gasteiger partial charge on any atom is -0.414 e. The van der Waals surface area contributed by atoms with E-state index in [0.717, 1.165) is 31.6 Å². The fourth-order valence-electron chi connectivity index (χ4n) is 7.45. The van der Waals surface area contributed by atoms with E-state index in [4.69, 9.17) is 4.43 Å². The van der Waals surface area contributed by atoms with E-state index >= 15 is 0 Å². The Kier molecular flexibility index (Phi) is 5.11. The van der Waals surface area contributed by atoms with Crippen LogP contribution >= 0.6 is 0 Å². The Labute approximate surface area is 180 Å². The van der Waals surface area contributed by atoms with Crippen LogP contribution in [0.15, 0.2) is 11.6 Å². The molecule has 0 heterocycles. The van der Waals surface area contributed by atoms with Crippen molar-refractivity contribution >= 4 is 14.1 Å². The molecule has 0 N–H and O–H groups in total. The van der Waals surface area contributed by atoms with Crippen LogP contribution in [0.2, 0.25) is 18.1 Å². The molecule has 2 nitrogen and oxygen atoms in total. The van der Waals surface area contributed by atoms with E-state index in [-0.39, 0.29) is 10.5 Å². The van der Waals surface area contributed by atoms with E-state index < -0.39 is 8.32 Å². The normalized spacial score (nSPS) is 45.3. The zero-order valence-corrected chi connectivity index (χ0v) is 21.2. The highest BCUT2D eigenvalue weighted by molar-refractivity contribution is 6.74. The Hall–Kier alpha value is -0.413. The predicted molar refractivity (Wildman–Crippen MR) is 123 cm³/mol. The number of rotatable bonds is 2.